The minimum Gasteiger partial charge on any atom is -0.494 e. The van der Waals surface area contributed by atoms with E-state index in [1.807, 2.05) is 31.3 Å². The molecule has 0 aliphatic heterocycles. The van der Waals surface area contributed by atoms with Crippen molar-refractivity contribution >= 4 is 11.3 Å². The Morgan fingerprint density at radius 1 is 1.30 bits per heavy atom. The molecule has 3 nitrogen and oxygen atoms in total. The minimum atomic E-state index is 0.259. The van der Waals surface area contributed by atoms with Gasteiger partial charge in [-0.25, -0.2) is 4.98 Å². The summed E-state index contributed by atoms with van der Waals surface area (Å²) in [6.07, 6.45) is 3.03. The Bertz CT molecular complexity index is 539. The van der Waals surface area contributed by atoms with Gasteiger partial charge in [-0.3, -0.25) is 0 Å². The lowest BCUT2D eigenvalue weighted by atomic mass is 10.2. The number of hydrogen-bond acceptors (Lipinski definition) is 4. The maximum atomic E-state index is 5.64. The van der Waals surface area contributed by atoms with E-state index in [1.54, 1.807) is 11.3 Å². The quantitative estimate of drug-likeness (QED) is 0.838. The predicted octanol–water partition coefficient (Wildman–Crippen LogP) is 3.96. The third-order valence-corrected chi connectivity index (χ3v) is 4.49. The fourth-order valence-electron chi connectivity index (χ4n) is 1.98. The fraction of sp³-hybridized carbons (Fsp3) is 0.438. The van der Waals surface area contributed by atoms with Gasteiger partial charge in [-0.15, -0.1) is 11.3 Å². The zero-order valence-corrected chi connectivity index (χ0v) is 13.2. The zero-order chi connectivity index (χ0) is 14.4. The molecule has 0 radical (unpaired) electrons. The van der Waals surface area contributed by atoms with Gasteiger partial charge >= 0.3 is 0 Å². The average molecular weight is 290 g/mol. The summed E-state index contributed by atoms with van der Waals surface area (Å²) in [7, 11) is 0. The summed E-state index contributed by atoms with van der Waals surface area (Å²) in [5, 5.41) is 4.67. The van der Waals surface area contributed by atoms with Gasteiger partial charge in [0.1, 0.15) is 10.8 Å². The molecule has 4 heteroatoms. The third kappa shape index (κ3) is 3.81. The standard InChI is InChI=1S/C16H22N2OS/c1-4-14-11-18-16(20-14)12(3)17-10-13-8-6-7-9-15(13)19-5-2/h6-9,11-12,17H,4-5,10H2,1-3H3. The number of thiazole rings is 1. The van der Waals surface area contributed by atoms with Crippen LogP contribution in [0.1, 0.15) is 42.3 Å². The first kappa shape index (κ1) is 15.0. The molecule has 0 fully saturated rings. The van der Waals surface area contributed by atoms with E-state index >= 15 is 0 Å². The lowest BCUT2D eigenvalue weighted by Crippen LogP contribution is -2.18. The Hall–Kier alpha value is -1.39. The molecule has 0 aliphatic carbocycles. The summed E-state index contributed by atoms with van der Waals surface area (Å²) < 4.78 is 5.64. The molecule has 20 heavy (non-hydrogen) atoms. The van der Waals surface area contributed by atoms with E-state index in [2.05, 4.69) is 30.2 Å². The lowest BCUT2D eigenvalue weighted by Gasteiger charge is -2.14. The van der Waals surface area contributed by atoms with Crippen LogP contribution in [0.5, 0.6) is 5.75 Å². The van der Waals surface area contributed by atoms with E-state index in [0.29, 0.717) is 6.61 Å². The smallest absolute Gasteiger partial charge is 0.123 e. The second-order valence-corrected chi connectivity index (χ2v) is 5.81. The van der Waals surface area contributed by atoms with E-state index in [4.69, 9.17) is 4.74 Å². The number of aryl methyl sites for hydroxylation is 1. The van der Waals surface area contributed by atoms with Crippen molar-refractivity contribution in [3.8, 4) is 5.75 Å². The van der Waals surface area contributed by atoms with Gasteiger partial charge in [0.15, 0.2) is 0 Å². The topological polar surface area (TPSA) is 34.1 Å². The molecule has 0 saturated heterocycles. The van der Waals surface area contributed by atoms with Crippen molar-refractivity contribution in [3.05, 3.63) is 45.9 Å². The van der Waals surface area contributed by atoms with Gasteiger partial charge in [0, 0.05) is 23.2 Å². The van der Waals surface area contributed by atoms with Crippen molar-refractivity contribution in [1.29, 1.82) is 0 Å². The molecular formula is C16H22N2OS. The molecule has 108 valence electrons. The number of para-hydroxylation sites is 1. The van der Waals surface area contributed by atoms with E-state index in [0.717, 1.165) is 23.7 Å². The van der Waals surface area contributed by atoms with Crippen LogP contribution in [0.2, 0.25) is 0 Å². The Balaban J connectivity index is 1.97. The van der Waals surface area contributed by atoms with E-state index in [9.17, 15) is 0 Å². The molecule has 2 aromatic rings. The van der Waals surface area contributed by atoms with Gasteiger partial charge in [-0.1, -0.05) is 25.1 Å². The van der Waals surface area contributed by atoms with Crippen molar-refractivity contribution < 1.29 is 4.74 Å². The van der Waals surface area contributed by atoms with Crippen molar-refractivity contribution in [2.45, 2.75) is 39.8 Å². The fourth-order valence-corrected chi connectivity index (χ4v) is 2.87. The summed E-state index contributed by atoms with van der Waals surface area (Å²) in [6.45, 7) is 7.81. The Kier molecular flexibility index (Phi) is 5.56. The van der Waals surface area contributed by atoms with Gasteiger partial charge in [0.25, 0.3) is 0 Å². The molecule has 2 rings (SSSR count). The Morgan fingerprint density at radius 3 is 2.80 bits per heavy atom. The van der Waals surface area contributed by atoms with Gasteiger partial charge < -0.3 is 10.1 Å². The highest BCUT2D eigenvalue weighted by Crippen LogP contribution is 2.22. The Morgan fingerprint density at radius 2 is 2.10 bits per heavy atom. The highest BCUT2D eigenvalue weighted by atomic mass is 32.1. The minimum absolute atomic E-state index is 0.259. The SMILES string of the molecule is CCOc1ccccc1CNC(C)c1ncc(CC)s1. The van der Waals surface area contributed by atoms with Gasteiger partial charge in [-0.05, 0) is 26.3 Å². The summed E-state index contributed by atoms with van der Waals surface area (Å²) in [5.74, 6) is 0.961. The first-order chi connectivity index (χ1) is 9.74. The molecule has 1 unspecified atom stereocenters. The molecule has 0 bridgehead atoms. The van der Waals surface area contributed by atoms with Crippen LogP contribution < -0.4 is 10.1 Å². The van der Waals surface area contributed by atoms with Crippen molar-refractivity contribution in [2.24, 2.45) is 0 Å². The van der Waals surface area contributed by atoms with Crippen LogP contribution in [0.3, 0.4) is 0 Å². The second kappa shape index (κ2) is 7.41. The summed E-state index contributed by atoms with van der Waals surface area (Å²) in [5.41, 5.74) is 1.19. The summed E-state index contributed by atoms with van der Waals surface area (Å²) >= 11 is 1.79. The maximum Gasteiger partial charge on any atom is 0.123 e. The largest absolute Gasteiger partial charge is 0.494 e. The van der Waals surface area contributed by atoms with Crippen LogP contribution in [0, 0.1) is 0 Å². The first-order valence-corrected chi connectivity index (χ1v) is 7.94. The number of nitrogens with zero attached hydrogens (tertiary/aromatic N) is 1. The molecule has 0 spiro atoms. The van der Waals surface area contributed by atoms with Crippen LogP contribution in [0.4, 0.5) is 0 Å². The maximum absolute atomic E-state index is 5.64. The van der Waals surface area contributed by atoms with Crippen LogP contribution >= 0.6 is 11.3 Å². The third-order valence-electron chi connectivity index (χ3n) is 3.16. The normalized spacial score (nSPS) is 12.3. The molecule has 1 atom stereocenters. The molecule has 1 aromatic carbocycles. The molecule has 0 amide bonds. The van der Waals surface area contributed by atoms with E-state index in [1.165, 1.54) is 10.4 Å². The number of nitrogens with one attached hydrogen (secondary N) is 1. The lowest BCUT2D eigenvalue weighted by molar-refractivity contribution is 0.335. The highest BCUT2D eigenvalue weighted by Gasteiger charge is 2.10. The number of ether oxygens (including phenoxy) is 1. The molecule has 1 aromatic heterocycles. The van der Waals surface area contributed by atoms with Gasteiger partial charge in [-0.2, -0.15) is 0 Å². The second-order valence-electron chi connectivity index (χ2n) is 4.66. The van der Waals surface area contributed by atoms with Crippen molar-refractivity contribution in [3.63, 3.8) is 0 Å². The van der Waals surface area contributed by atoms with Gasteiger partial charge in [0.05, 0.1) is 12.6 Å². The summed E-state index contributed by atoms with van der Waals surface area (Å²) in [4.78, 5) is 5.82. The van der Waals surface area contributed by atoms with Crippen LogP contribution in [0.15, 0.2) is 30.5 Å². The number of benzene rings is 1. The van der Waals surface area contributed by atoms with Crippen LogP contribution in [-0.2, 0) is 13.0 Å². The first-order valence-electron chi connectivity index (χ1n) is 7.13. The van der Waals surface area contributed by atoms with E-state index < -0.39 is 0 Å². The zero-order valence-electron chi connectivity index (χ0n) is 12.3. The van der Waals surface area contributed by atoms with Gasteiger partial charge in [0.2, 0.25) is 0 Å². The molecule has 0 saturated carbocycles. The average Bonchev–Trinajstić information content (AvgIpc) is 2.95. The summed E-state index contributed by atoms with van der Waals surface area (Å²) in [6, 6.07) is 8.43. The highest BCUT2D eigenvalue weighted by molar-refractivity contribution is 7.11. The number of aromatic nitrogens is 1. The van der Waals surface area contributed by atoms with Crippen molar-refractivity contribution in [2.75, 3.05) is 6.61 Å². The van der Waals surface area contributed by atoms with E-state index in [-0.39, 0.29) is 6.04 Å². The monoisotopic (exact) mass is 290 g/mol. The number of rotatable bonds is 7. The molecule has 1 N–H and O–H groups in total. The predicted molar refractivity (Wildman–Crippen MR) is 84.4 cm³/mol. The van der Waals surface area contributed by atoms with Crippen molar-refractivity contribution in [1.82, 2.24) is 10.3 Å². The molecule has 1 heterocycles. The van der Waals surface area contributed by atoms with Crippen LogP contribution in [-0.4, -0.2) is 11.6 Å². The van der Waals surface area contributed by atoms with Crippen LogP contribution in [0.25, 0.3) is 0 Å². The molecule has 0 aliphatic rings. The molecular weight excluding hydrogens is 268 g/mol. The number of hydrogen-bond donors (Lipinski definition) is 1. The Labute approximate surface area is 125 Å².